The van der Waals surface area contributed by atoms with Gasteiger partial charge >= 0.3 is 0 Å². The molecule has 4 heteroatoms. The van der Waals surface area contributed by atoms with Gasteiger partial charge in [0.25, 0.3) is 0 Å². The maximum atomic E-state index is 5.76. The van der Waals surface area contributed by atoms with Gasteiger partial charge in [0.15, 0.2) is 0 Å². The molecule has 0 unspecified atom stereocenters. The number of para-hydroxylation sites is 1. The molecular weight excluding hydrogens is 274 g/mol. The molecule has 3 aromatic rings. The van der Waals surface area contributed by atoms with E-state index in [9.17, 15) is 0 Å². The highest BCUT2D eigenvalue weighted by Crippen LogP contribution is 2.23. The van der Waals surface area contributed by atoms with Crippen LogP contribution in [-0.4, -0.2) is 9.97 Å². The number of anilines is 2. The zero-order valence-corrected chi connectivity index (χ0v) is 12.6. The third-order valence-corrected chi connectivity index (χ3v) is 3.07. The van der Waals surface area contributed by atoms with Crippen LogP contribution in [0.1, 0.15) is 11.4 Å². The highest BCUT2D eigenvalue weighted by Gasteiger charge is 2.01. The van der Waals surface area contributed by atoms with Gasteiger partial charge in [-0.2, -0.15) is 0 Å². The summed E-state index contributed by atoms with van der Waals surface area (Å²) in [4.78, 5) is 8.73. The Morgan fingerprint density at radius 1 is 0.773 bits per heavy atom. The number of aromatic nitrogens is 2. The molecule has 1 N–H and O–H groups in total. The minimum absolute atomic E-state index is 0.606. The minimum atomic E-state index is 0.606. The molecule has 3 rings (SSSR count). The normalized spacial score (nSPS) is 10.3. The summed E-state index contributed by atoms with van der Waals surface area (Å²) in [5, 5.41) is 3.20. The van der Waals surface area contributed by atoms with E-state index in [1.165, 1.54) is 0 Å². The van der Waals surface area contributed by atoms with Gasteiger partial charge in [-0.1, -0.05) is 18.2 Å². The molecule has 0 amide bonds. The lowest BCUT2D eigenvalue weighted by Crippen LogP contribution is -1.99. The molecule has 0 bridgehead atoms. The van der Waals surface area contributed by atoms with Gasteiger partial charge in [0.2, 0.25) is 5.95 Å². The Balaban J connectivity index is 1.71. The monoisotopic (exact) mass is 291 g/mol. The fourth-order valence-electron chi connectivity index (χ4n) is 2.14. The van der Waals surface area contributed by atoms with Crippen molar-refractivity contribution in [2.75, 3.05) is 5.32 Å². The van der Waals surface area contributed by atoms with Crippen LogP contribution in [0.2, 0.25) is 0 Å². The summed E-state index contributed by atoms with van der Waals surface area (Å²) in [5.41, 5.74) is 2.81. The molecule has 0 aliphatic heterocycles. The van der Waals surface area contributed by atoms with E-state index in [4.69, 9.17) is 4.74 Å². The highest BCUT2D eigenvalue weighted by atomic mass is 16.5. The van der Waals surface area contributed by atoms with E-state index in [2.05, 4.69) is 15.3 Å². The summed E-state index contributed by atoms with van der Waals surface area (Å²) in [6.45, 7) is 3.91. The maximum Gasteiger partial charge on any atom is 0.227 e. The van der Waals surface area contributed by atoms with Crippen molar-refractivity contribution in [3.05, 3.63) is 72.1 Å². The fraction of sp³-hybridized carbons (Fsp3) is 0.111. The minimum Gasteiger partial charge on any atom is -0.457 e. The van der Waals surface area contributed by atoms with Crippen LogP contribution in [0.25, 0.3) is 0 Å². The Hall–Kier alpha value is -2.88. The Labute approximate surface area is 129 Å². The predicted octanol–water partition coefficient (Wildman–Crippen LogP) is 4.63. The second-order valence-electron chi connectivity index (χ2n) is 5.04. The number of hydrogen-bond acceptors (Lipinski definition) is 4. The topological polar surface area (TPSA) is 47.0 Å². The number of benzene rings is 2. The highest BCUT2D eigenvalue weighted by molar-refractivity contribution is 5.55. The molecule has 0 saturated carbocycles. The third kappa shape index (κ3) is 3.61. The molecule has 0 spiro atoms. The first-order chi connectivity index (χ1) is 10.7. The average Bonchev–Trinajstić information content (AvgIpc) is 2.49. The summed E-state index contributed by atoms with van der Waals surface area (Å²) in [5.74, 6) is 2.22. The Morgan fingerprint density at radius 2 is 1.36 bits per heavy atom. The lowest BCUT2D eigenvalue weighted by atomic mass is 10.3. The molecule has 0 aliphatic carbocycles. The van der Waals surface area contributed by atoms with Gasteiger partial charge in [-0.3, -0.25) is 0 Å². The quantitative estimate of drug-likeness (QED) is 0.761. The second kappa shape index (κ2) is 6.26. The van der Waals surface area contributed by atoms with Gasteiger partial charge in [0, 0.05) is 17.1 Å². The maximum absolute atomic E-state index is 5.76. The van der Waals surface area contributed by atoms with Gasteiger partial charge < -0.3 is 10.1 Å². The van der Waals surface area contributed by atoms with Crippen molar-refractivity contribution in [3.63, 3.8) is 0 Å². The lowest BCUT2D eigenvalue weighted by molar-refractivity contribution is 0.483. The van der Waals surface area contributed by atoms with E-state index in [-0.39, 0.29) is 0 Å². The standard InChI is InChI=1S/C18H17N3O/c1-13-12-14(2)20-18(19-13)21-15-8-10-17(11-9-15)22-16-6-4-3-5-7-16/h3-12H,1-2H3,(H,19,20,21). The largest absolute Gasteiger partial charge is 0.457 e. The molecule has 0 radical (unpaired) electrons. The van der Waals surface area contributed by atoms with Crippen molar-refractivity contribution in [2.45, 2.75) is 13.8 Å². The van der Waals surface area contributed by atoms with Crippen molar-refractivity contribution in [1.82, 2.24) is 9.97 Å². The smallest absolute Gasteiger partial charge is 0.227 e. The molecule has 1 aromatic heterocycles. The van der Waals surface area contributed by atoms with Crippen molar-refractivity contribution in [1.29, 1.82) is 0 Å². The third-order valence-electron chi connectivity index (χ3n) is 3.07. The molecule has 1 heterocycles. The number of rotatable bonds is 4. The van der Waals surface area contributed by atoms with E-state index in [1.54, 1.807) is 0 Å². The molecule has 110 valence electrons. The Morgan fingerprint density at radius 3 is 2.00 bits per heavy atom. The van der Waals surface area contributed by atoms with Gasteiger partial charge in [-0.15, -0.1) is 0 Å². The van der Waals surface area contributed by atoms with E-state index in [0.717, 1.165) is 28.6 Å². The van der Waals surface area contributed by atoms with Crippen molar-refractivity contribution in [3.8, 4) is 11.5 Å². The van der Waals surface area contributed by atoms with E-state index >= 15 is 0 Å². The molecule has 2 aromatic carbocycles. The van der Waals surface area contributed by atoms with Gasteiger partial charge in [0.05, 0.1) is 0 Å². The summed E-state index contributed by atoms with van der Waals surface area (Å²) in [6, 6.07) is 19.4. The van der Waals surface area contributed by atoms with E-state index in [0.29, 0.717) is 5.95 Å². The number of hydrogen-bond donors (Lipinski definition) is 1. The number of nitrogens with one attached hydrogen (secondary N) is 1. The summed E-state index contributed by atoms with van der Waals surface area (Å²) in [6.07, 6.45) is 0. The van der Waals surface area contributed by atoms with Gasteiger partial charge in [-0.25, -0.2) is 9.97 Å². The molecule has 4 nitrogen and oxygen atoms in total. The van der Waals surface area contributed by atoms with Crippen LogP contribution in [0.5, 0.6) is 11.5 Å². The first-order valence-electron chi connectivity index (χ1n) is 7.11. The van der Waals surface area contributed by atoms with Crippen LogP contribution in [-0.2, 0) is 0 Å². The molecule has 0 saturated heterocycles. The first kappa shape index (κ1) is 14.1. The van der Waals surface area contributed by atoms with Crippen LogP contribution in [0.4, 0.5) is 11.6 Å². The molecule has 22 heavy (non-hydrogen) atoms. The summed E-state index contributed by atoms with van der Waals surface area (Å²) >= 11 is 0. The van der Waals surface area contributed by atoms with Crippen LogP contribution in [0.3, 0.4) is 0 Å². The summed E-state index contributed by atoms with van der Waals surface area (Å²) < 4.78 is 5.76. The van der Waals surface area contributed by atoms with Crippen LogP contribution < -0.4 is 10.1 Å². The van der Waals surface area contributed by atoms with Crippen molar-refractivity contribution < 1.29 is 4.74 Å². The summed E-state index contributed by atoms with van der Waals surface area (Å²) in [7, 11) is 0. The zero-order chi connectivity index (χ0) is 15.4. The Kier molecular flexibility index (Phi) is 4.01. The lowest BCUT2D eigenvalue weighted by Gasteiger charge is -2.08. The first-order valence-corrected chi connectivity index (χ1v) is 7.11. The molecule has 0 fully saturated rings. The van der Waals surface area contributed by atoms with Crippen LogP contribution in [0.15, 0.2) is 60.7 Å². The predicted molar refractivity (Wildman–Crippen MR) is 87.7 cm³/mol. The molecule has 0 atom stereocenters. The Bertz CT molecular complexity index is 735. The van der Waals surface area contributed by atoms with Crippen LogP contribution >= 0.6 is 0 Å². The van der Waals surface area contributed by atoms with E-state index in [1.807, 2.05) is 74.5 Å². The van der Waals surface area contributed by atoms with Crippen LogP contribution in [0, 0.1) is 13.8 Å². The van der Waals surface area contributed by atoms with Gasteiger partial charge in [0.1, 0.15) is 11.5 Å². The zero-order valence-electron chi connectivity index (χ0n) is 12.6. The van der Waals surface area contributed by atoms with E-state index < -0.39 is 0 Å². The van der Waals surface area contributed by atoms with Crippen molar-refractivity contribution in [2.24, 2.45) is 0 Å². The molecule has 0 aliphatic rings. The second-order valence-corrected chi connectivity index (χ2v) is 5.04. The number of nitrogens with zero attached hydrogens (tertiary/aromatic N) is 2. The number of ether oxygens (including phenoxy) is 1. The number of aryl methyl sites for hydroxylation is 2. The SMILES string of the molecule is Cc1cc(C)nc(Nc2ccc(Oc3ccccc3)cc2)n1. The van der Waals surface area contributed by atoms with Crippen molar-refractivity contribution >= 4 is 11.6 Å². The molecular formula is C18H17N3O. The van der Waals surface area contributed by atoms with Gasteiger partial charge in [-0.05, 0) is 56.3 Å². The average molecular weight is 291 g/mol. The fourth-order valence-corrected chi connectivity index (χ4v) is 2.14.